The summed E-state index contributed by atoms with van der Waals surface area (Å²) in [6, 6.07) is 5.12. The Balaban J connectivity index is 1.80. The van der Waals surface area contributed by atoms with Gasteiger partial charge < -0.3 is 9.80 Å². The highest BCUT2D eigenvalue weighted by Gasteiger charge is 2.32. The zero-order valence-corrected chi connectivity index (χ0v) is 14.8. The number of hydrogen-bond acceptors (Lipinski definition) is 6. The van der Waals surface area contributed by atoms with Crippen molar-refractivity contribution in [2.24, 2.45) is 0 Å². The molecule has 6 nitrogen and oxygen atoms in total. The van der Waals surface area contributed by atoms with Gasteiger partial charge >= 0.3 is 6.18 Å². The summed E-state index contributed by atoms with van der Waals surface area (Å²) in [5.74, 6) is 0.0408. The van der Waals surface area contributed by atoms with Crippen molar-refractivity contribution in [3.8, 4) is 0 Å². The van der Waals surface area contributed by atoms with Crippen molar-refractivity contribution in [1.29, 1.82) is 0 Å². The zero-order chi connectivity index (χ0) is 20.1. The van der Waals surface area contributed by atoms with Gasteiger partial charge in [-0.25, -0.2) is 4.98 Å². The van der Waals surface area contributed by atoms with Crippen LogP contribution in [0.1, 0.15) is 21.6 Å². The van der Waals surface area contributed by atoms with E-state index in [1.165, 1.54) is 6.08 Å². The van der Waals surface area contributed by atoms with E-state index >= 15 is 0 Å². The number of ketones is 1. The van der Waals surface area contributed by atoms with E-state index in [-0.39, 0.29) is 5.56 Å². The lowest BCUT2D eigenvalue weighted by molar-refractivity contribution is -0.141. The van der Waals surface area contributed by atoms with Crippen molar-refractivity contribution in [3.63, 3.8) is 0 Å². The number of aldehydes is 1. The number of nitrogens with zero attached hydrogens (tertiary/aromatic N) is 4. The van der Waals surface area contributed by atoms with E-state index in [4.69, 9.17) is 0 Å². The van der Waals surface area contributed by atoms with Gasteiger partial charge in [0, 0.05) is 50.3 Å². The van der Waals surface area contributed by atoms with Crippen LogP contribution < -0.4 is 4.90 Å². The summed E-state index contributed by atoms with van der Waals surface area (Å²) in [6.45, 7) is 2.48. The first-order chi connectivity index (χ1) is 13.4. The third-order valence-electron chi connectivity index (χ3n) is 4.34. The molecule has 2 aromatic heterocycles. The SMILES string of the molecule is O=CC=CN1CCN(c2ncccc2C(=O)c2ccc(C(F)(F)F)nc2)CC1. The molecule has 3 heterocycles. The van der Waals surface area contributed by atoms with Crippen molar-refractivity contribution in [2.45, 2.75) is 6.18 Å². The Bertz CT molecular complexity index is 873. The van der Waals surface area contributed by atoms with Crippen LogP contribution in [0.3, 0.4) is 0 Å². The van der Waals surface area contributed by atoms with E-state index < -0.39 is 17.7 Å². The van der Waals surface area contributed by atoms with Gasteiger partial charge in [0.15, 0.2) is 5.78 Å². The van der Waals surface area contributed by atoms with Gasteiger partial charge in [-0.15, -0.1) is 0 Å². The van der Waals surface area contributed by atoms with Gasteiger partial charge in [-0.1, -0.05) is 0 Å². The maximum absolute atomic E-state index is 12.8. The molecule has 146 valence electrons. The highest BCUT2D eigenvalue weighted by atomic mass is 19.4. The van der Waals surface area contributed by atoms with E-state index in [1.807, 2.05) is 9.80 Å². The van der Waals surface area contributed by atoms with Crippen LogP contribution in [0, 0.1) is 0 Å². The molecular weight excluding hydrogens is 373 g/mol. The third-order valence-corrected chi connectivity index (χ3v) is 4.34. The van der Waals surface area contributed by atoms with Crippen molar-refractivity contribution in [1.82, 2.24) is 14.9 Å². The van der Waals surface area contributed by atoms with Gasteiger partial charge in [0.25, 0.3) is 0 Å². The lowest BCUT2D eigenvalue weighted by Crippen LogP contribution is -2.45. The smallest absolute Gasteiger partial charge is 0.374 e. The van der Waals surface area contributed by atoms with E-state index in [0.717, 1.165) is 18.3 Å². The second-order valence-electron chi connectivity index (χ2n) is 6.13. The molecule has 0 atom stereocenters. The number of carbonyl (C=O) groups excluding carboxylic acids is 2. The largest absolute Gasteiger partial charge is 0.433 e. The Morgan fingerprint density at radius 1 is 1.07 bits per heavy atom. The Morgan fingerprint density at radius 2 is 1.82 bits per heavy atom. The fourth-order valence-electron chi connectivity index (χ4n) is 2.92. The summed E-state index contributed by atoms with van der Waals surface area (Å²) >= 11 is 0. The number of piperazine rings is 1. The number of allylic oxidation sites excluding steroid dienone is 1. The number of aromatic nitrogens is 2. The Hall–Kier alpha value is -3.23. The quantitative estimate of drug-likeness (QED) is 0.444. The maximum Gasteiger partial charge on any atom is 0.433 e. The normalized spacial score (nSPS) is 15.1. The molecule has 3 rings (SSSR count). The molecule has 0 N–H and O–H groups in total. The Kier molecular flexibility index (Phi) is 5.72. The summed E-state index contributed by atoms with van der Waals surface area (Å²) in [5.41, 5.74) is -0.675. The molecular formula is C19H17F3N4O2. The summed E-state index contributed by atoms with van der Waals surface area (Å²) in [7, 11) is 0. The molecule has 9 heteroatoms. The molecule has 2 aromatic rings. The van der Waals surface area contributed by atoms with Crippen LogP contribution in [0.5, 0.6) is 0 Å². The number of rotatable bonds is 5. The molecule has 0 saturated carbocycles. The molecule has 0 aromatic carbocycles. The maximum atomic E-state index is 12.8. The van der Waals surface area contributed by atoms with Crippen molar-refractivity contribution in [3.05, 3.63) is 65.8 Å². The minimum atomic E-state index is -4.56. The van der Waals surface area contributed by atoms with Gasteiger partial charge in [-0.3, -0.25) is 14.6 Å². The number of alkyl halides is 3. The Labute approximate surface area is 159 Å². The first-order valence-corrected chi connectivity index (χ1v) is 8.54. The van der Waals surface area contributed by atoms with Crippen LogP contribution in [0.2, 0.25) is 0 Å². The average molecular weight is 390 g/mol. The zero-order valence-electron chi connectivity index (χ0n) is 14.8. The minimum Gasteiger partial charge on any atom is -0.374 e. The number of carbonyl (C=O) groups is 2. The third kappa shape index (κ3) is 4.36. The molecule has 28 heavy (non-hydrogen) atoms. The molecule has 1 saturated heterocycles. The fourth-order valence-corrected chi connectivity index (χ4v) is 2.92. The summed E-state index contributed by atoms with van der Waals surface area (Å²) < 4.78 is 38.0. The minimum absolute atomic E-state index is 0.0646. The number of pyridine rings is 2. The lowest BCUT2D eigenvalue weighted by Gasteiger charge is -2.35. The van der Waals surface area contributed by atoms with Gasteiger partial charge in [-0.2, -0.15) is 13.2 Å². The first kappa shape index (κ1) is 19.5. The molecule has 1 aliphatic rings. The van der Waals surface area contributed by atoms with Crippen molar-refractivity contribution < 1.29 is 22.8 Å². The van der Waals surface area contributed by atoms with Gasteiger partial charge in [0.1, 0.15) is 17.8 Å². The van der Waals surface area contributed by atoms with Crippen LogP contribution >= 0.6 is 0 Å². The van der Waals surface area contributed by atoms with E-state index in [1.54, 1.807) is 24.5 Å². The fraction of sp³-hybridized carbons (Fsp3) is 0.263. The summed E-state index contributed by atoms with van der Waals surface area (Å²) in [5, 5.41) is 0. The van der Waals surface area contributed by atoms with Gasteiger partial charge in [0.2, 0.25) is 0 Å². The van der Waals surface area contributed by atoms with E-state index in [9.17, 15) is 22.8 Å². The van der Waals surface area contributed by atoms with Crippen LogP contribution in [0.15, 0.2) is 48.9 Å². The van der Waals surface area contributed by atoms with Crippen LogP contribution in [0.4, 0.5) is 19.0 Å². The molecule has 0 bridgehead atoms. The van der Waals surface area contributed by atoms with Gasteiger partial charge in [0.05, 0.1) is 5.56 Å². The second kappa shape index (κ2) is 8.20. The standard InChI is InChI=1S/C19H17F3N4O2/c20-19(21,22)16-5-4-14(13-24-16)17(28)15-3-1-6-23-18(15)26-10-8-25(9-11-26)7-2-12-27/h1-7,12-13H,8-11H2. The van der Waals surface area contributed by atoms with Crippen LogP contribution in [-0.2, 0) is 11.0 Å². The molecule has 0 unspecified atom stereocenters. The average Bonchev–Trinajstić information content (AvgIpc) is 2.71. The second-order valence-corrected chi connectivity index (χ2v) is 6.13. The topological polar surface area (TPSA) is 66.4 Å². The number of halogens is 3. The lowest BCUT2D eigenvalue weighted by atomic mass is 10.0. The number of anilines is 1. The van der Waals surface area contributed by atoms with E-state index in [0.29, 0.717) is 43.8 Å². The predicted octanol–water partition coefficient (Wildman–Crippen LogP) is 2.56. The molecule has 0 amide bonds. The molecule has 1 aliphatic heterocycles. The highest BCUT2D eigenvalue weighted by molar-refractivity contribution is 6.11. The molecule has 0 spiro atoms. The van der Waals surface area contributed by atoms with Crippen molar-refractivity contribution >= 4 is 17.9 Å². The van der Waals surface area contributed by atoms with Crippen LogP contribution in [-0.4, -0.2) is 53.1 Å². The molecule has 1 fully saturated rings. The summed E-state index contributed by atoms with van der Waals surface area (Å²) in [6.07, 6.45) is 1.78. The number of hydrogen-bond donors (Lipinski definition) is 0. The monoisotopic (exact) mass is 390 g/mol. The predicted molar refractivity (Wildman–Crippen MR) is 95.9 cm³/mol. The molecule has 0 radical (unpaired) electrons. The molecule has 0 aliphatic carbocycles. The first-order valence-electron chi connectivity index (χ1n) is 8.54. The van der Waals surface area contributed by atoms with Crippen LogP contribution in [0.25, 0.3) is 0 Å². The Morgan fingerprint density at radius 3 is 2.43 bits per heavy atom. The van der Waals surface area contributed by atoms with Gasteiger partial charge in [-0.05, 0) is 30.3 Å². The van der Waals surface area contributed by atoms with Crippen molar-refractivity contribution in [2.75, 3.05) is 31.1 Å². The summed E-state index contributed by atoms with van der Waals surface area (Å²) in [4.78, 5) is 34.8. The van der Waals surface area contributed by atoms with E-state index in [2.05, 4.69) is 9.97 Å². The highest BCUT2D eigenvalue weighted by Crippen LogP contribution is 2.28.